The first kappa shape index (κ1) is 27.2. The largest absolute Gasteiger partial charge is 0.508 e. The average molecular weight is 455 g/mol. The third-order valence-corrected chi connectivity index (χ3v) is 4.00. The van der Waals surface area contributed by atoms with Gasteiger partial charge in [-0.25, -0.2) is 0 Å². The van der Waals surface area contributed by atoms with Gasteiger partial charge in [-0.3, -0.25) is 10.8 Å². The number of phenols is 2. The number of amidine groups is 2. The van der Waals surface area contributed by atoms with Gasteiger partial charge in [-0.2, -0.15) is 10.2 Å². The van der Waals surface area contributed by atoms with E-state index in [2.05, 4.69) is 20.9 Å². The van der Waals surface area contributed by atoms with Crippen molar-refractivity contribution in [3.63, 3.8) is 0 Å². The fourth-order valence-electron chi connectivity index (χ4n) is 2.11. The van der Waals surface area contributed by atoms with Gasteiger partial charge in [-0.15, -0.1) is 24.8 Å². The number of nitrogens with zero attached hydrogens (tertiary/aromatic N) is 2. The van der Waals surface area contributed by atoms with Crippen LogP contribution in [0.1, 0.15) is 27.7 Å². The maximum absolute atomic E-state index is 9.54. The van der Waals surface area contributed by atoms with Crippen LogP contribution in [0.15, 0.2) is 58.8 Å². The Labute approximate surface area is 188 Å². The van der Waals surface area contributed by atoms with E-state index in [1.165, 1.54) is 12.1 Å². The van der Waals surface area contributed by atoms with Gasteiger partial charge in [-0.1, -0.05) is 12.1 Å². The van der Waals surface area contributed by atoms with Gasteiger partial charge in [0.15, 0.2) is 0 Å². The molecule has 0 heterocycles. The Bertz CT molecular complexity index is 842. The Balaban J connectivity index is 0.00000420. The Kier molecular flexibility index (Phi) is 9.78. The van der Waals surface area contributed by atoms with E-state index in [4.69, 9.17) is 10.8 Å². The molecule has 0 atom stereocenters. The summed E-state index contributed by atoms with van der Waals surface area (Å²) in [5, 5.41) is 50.0. The summed E-state index contributed by atoms with van der Waals surface area (Å²) in [7, 11) is 0. The third-order valence-electron chi connectivity index (χ3n) is 4.00. The van der Waals surface area contributed by atoms with E-state index in [0.717, 1.165) is 0 Å². The van der Waals surface area contributed by atoms with Crippen LogP contribution in [-0.2, 0) is 0 Å². The number of nitrogens with one attached hydrogen (secondary N) is 4. The number of aromatic hydroxyl groups is 2. The van der Waals surface area contributed by atoms with Crippen molar-refractivity contribution >= 4 is 47.9 Å². The molecule has 0 saturated carbocycles. The SMILES string of the molecule is CC(C)(N=NC(C)(C)C(=N)Nc1cccc(O)c1)C(=N)Nc1cccc(O)c1.Cl.Cl. The van der Waals surface area contributed by atoms with Gasteiger partial charge in [0, 0.05) is 23.5 Å². The predicted octanol–water partition coefficient (Wildman–Crippen LogP) is 5.43. The fraction of sp³-hybridized carbons (Fsp3) is 0.300. The highest BCUT2D eigenvalue weighted by Crippen LogP contribution is 2.22. The lowest BCUT2D eigenvalue weighted by atomic mass is 10.0. The summed E-state index contributed by atoms with van der Waals surface area (Å²) >= 11 is 0. The molecule has 0 saturated heterocycles. The number of rotatable bonds is 6. The maximum atomic E-state index is 9.54. The Morgan fingerprint density at radius 2 is 1.07 bits per heavy atom. The zero-order chi connectivity index (χ0) is 20.9. The van der Waals surface area contributed by atoms with E-state index < -0.39 is 11.1 Å². The number of hydrogen-bond donors (Lipinski definition) is 6. The number of azo groups is 1. The molecule has 0 bridgehead atoms. The van der Waals surface area contributed by atoms with E-state index in [1.54, 1.807) is 64.1 Å². The highest BCUT2D eigenvalue weighted by atomic mass is 35.5. The topological polar surface area (TPSA) is 137 Å². The van der Waals surface area contributed by atoms with Crippen molar-refractivity contribution < 1.29 is 10.2 Å². The maximum Gasteiger partial charge on any atom is 0.133 e. The van der Waals surface area contributed by atoms with Crippen molar-refractivity contribution in [2.45, 2.75) is 38.8 Å². The highest BCUT2D eigenvalue weighted by Gasteiger charge is 2.28. The Morgan fingerprint density at radius 3 is 1.37 bits per heavy atom. The molecule has 2 rings (SSSR count). The van der Waals surface area contributed by atoms with Crippen LogP contribution in [0.5, 0.6) is 11.5 Å². The monoisotopic (exact) mass is 454 g/mol. The molecular weight excluding hydrogens is 427 g/mol. The standard InChI is InChI=1S/C20H26N6O2.2ClH/c1-19(2,17(21)23-13-7-5-9-15(27)11-13)25-26-20(3,4)18(22)24-14-8-6-10-16(28)12-14;;/h5-12,27-28H,1-4H3,(H2,21,23)(H2,22,24);2*1H. The number of benzene rings is 2. The molecule has 0 radical (unpaired) electrons. The molecule has 0 aliphatic carbocycles. The summed E-state index contributed by atoms with van der Waals surface area (Å²) in [4.78, 5) is 0. The molecule has 0 unspecified atom stereocenters. The molecule has 8 nitrogen and oxygen atoms in total. The molecule has 0 fully saturated rings. The van der Waals surface area contributed by atoms with Gasteiger partial charge < -0.3 is 20.8 Å². The van der Waals surface area contributed by atoms with Crippen molar-refractivity contribution in [3.8, 4) is 11.5 Å². The molecule has 164 valence electrons. The van der Waals surface area contributed by atoms with Crippen LogP contribution in [0.25, 0.3) is 0 Å². The summed E-state index contributed by atoms with van der Waals surface area (Å²) in [6.07, 6.45) is 0. The first-order valence-corrected chi connectivity index (χ1v) is 8.74. The van der Waals surface area contributed by atoms with Gasteiger partial charge in [0.25, 0.3) is 0 Å². The van der Waals surface area contributed by atoms with Gasteiger partial charge in [0.05, 0.1) is 0 Å². The number of phenolic OH excluding ortho intramolecular Hbond substituents is 2. The van der Waals surface area contributed by atoms with Crippen molar-refractivity contribution in [3.05, 3.63) is 48.5 Å². The summed E-state index contributed by atoms with van der Waals surface area (Å²) < 4.78 is 0. The second-order valence-corrected chi connectivity index (χ2v) is 7.42. The van der Waals surface area contributed by atoms with E-state index in [0.29, 0.717) is 11.4 Å². The molecular formula is C20H28Cl2N6O2. The first-order valence-electron chi connectivity index (χ1n) is 8.74. The van der Waals surface area contributed by atoms with Crippen LogP contribution in [0.2, 0.25) is 0 Å². The molecule has 0 aliphatic heterocycles. The third kappa shape index (κ3) is 7.53. The lowest BCUT2D eigenvalue weighted by Gasteiger charge is -2.25. The zero-order valence-electron chi connectivity index (χ0n) is 17.2. The van der Waals surface area contributed by atoms with Crippen LogP contribution < -0.4 is 10.6 Å². The normalized spacial score (nSPS) is 11.2. The van der Waals surface area contributed by atoms with Crippen LogP contribution in [-0.4, -0.2) is 33.0 Å². The average Bonchev–Trinajstić information content (AvgIpc) is 2.60. The van der Waals surface area contributed by atoms with E-state index in [9.17, 15) is 10.2 Å². The molecule has 2 aromatic rings. The van der Waals surface area contributed by atoms with Crippen LogP contribution in [0.4, 0.5) is 11.4 Å². The molecule has 0 aromatic heterocycles. The second kappa shape index (κ2) is 10.8. The smallest absolute Gasteiger partial charge is 0.133 e. The van der Waals surface area contributed by atoms with Crippen molar-refractivity contribution in [1.82, 2.24) is 0 Å². The summed E-state index contributed by atoms with van der Waals surface area (Å²) in [5.74, 6) is 0.407. The summed E-state index contributed by atoms with van der Waals surface area (Å²) in [6.45, 7) is 6.93. The summed E-state index contributed by atoms with van der Waals surface area (Å²) in [6, 6.07) is 13.0. The predicted molar refractivity (Wildman–Crippen MR) is 126 cm³/mol. The molecule has 0 aliphatic rings. The number of halogens is 2. The van der Waals surface area contributed by atoms with Gasteiger partial charge in [0.2, 0.25) is 0 Å². The quantitative estimate of drug-likeness (QED) is 0.197. The van der Waals surface area contributed by atoms with E-state index in [1.807, 2.05) is 0 Å². The van der Waals surface area contributed by atoms with E-state index >= 15 is 0 Å². The van der Waals surface area contributed by atoms with Crippen LogP contribution in [0.3, 0.4) is 0 Å². The minimum Gasteiger partial charge on any atom is -0.508 e. The second-order valence-electron chi connectivity index (χ2n) is 7.42. The minimum absolute atomic E-state index is 0. The van der Waals surface area contributed by atoms with Crippen LogP contribution >= 0.6 is 24.8 Å². The minimum atomic E-state index is -0.964. The van der Waals surface area contributed by atoms with Crippen LogP contribution in [0, 0.1) is 10.8 Å². The molecule has 0 spiro atoms. The number of hydrogen-bond acceptors (Lipinski definition) is 6. The number of anilines is 2. The van der Waals surface area contributed by atoms with Crippen molar-refractivity contribution in [2.24, 2.45) is 10.2 Å². The van der Waals surface area contributed by atoms with Crippen molar-refractivity contribution in [1.29, 1.82) is 10.8 Å². The van der Waals surface area contributed by atoms with Gasteiger partial charge >= 0.3 is 0 Å². The van der Waals surface area contributed by atoms with Gasteiger partial charge in [0.1, 0.15) is 34.2 Å². The highest BCUT2D eigenvalue weighted by molar-refractivity contribution is 6.01. The van der Waals surface area contributed by atoms with Crippen molar-refractivity contribution in [2.75, 3.05) is 10.6 Å². The fourth-order valence-corrected chi connectivity index (χ4v) is 2.11. The Hall–Kier alpha value is -2.84. The van der Waals surface area contributed by atoms with Gasteiger partial charge in [-0.05, 0) is 52.0 Å². The molecule has 6 N–H and O–H groups in total. The zero-order valence-corrected chi connectivity index (χ0v) is 18.9. The summed E-state index contributed by atoms with van der Waals surface area (Å²) in [5.41, 5.74) is -0.779. The first-order chi connectivity index (χ1) is 13.0. The molecule has 30 heavy (non-hydrogen) atoms. The molecule has 10 heteroatoms. The molecule has 2 aromatic carbocycles. The lowest BCUT2D eigenvalue weighted by molar-refractivity contribution is 0.475. The Morgan fingerprint density at radius 1 is 0.733 bits per heavy atom. The lowest BCUT2D eigenvalue weighted by Crippen LogP contribution is -2.38. The van der Waals surface area contributed by atoms with E-state index in [-0.39, 0.29) is 48.0 Å². The molecule has 0 amide bonds.